The van der Waals surface area contributed by atoms with Crippen molar-refractivity contribution in [3.8, 4) is 0 Å². The van der Waals surface area contributed by atoms with Gasteiger partial charge in [-0.15, -0.1) is 0 Å². The van der Waals surface area contributed by atoms with Crippen LogP contribution in [0, 0.1) is 5.41 Å². The predicted molar refractivity (Wildman–Crippen MR) is 79.8 cm³/mol. The number of hydrogen-bond acceptors (Lipinski definition) is 3. The molecule has 1 aromatic rings. The molecule has 4 nitrogen and oxygen atoms in total. The first kappa shape index (κ1) is 16.6. The Bertz CT molecular complexity index is 425. The summed E-state index contributed by atoms with van der Waals surface area (Å²) in [5.74, 6) is 0. The standard InChI is InChI=1S/C13H24BrFN4/c1-12(2,3)13(15,9-16)11-10(14)8-17-19(11)7-6-18(4)5/h8H,6-7,9,16H2,1-5H3. The number of likely N-dealkylation sites (N-methyl/N-ethyl adjacent to an activating group) is 1. The highest BCUT2D eigenvalue weighted by atomic mass is 79.9. The highest BCUT2D eigenvalue weighted by Crippen LogP contribution is 2.44. The van der Waals surface area contributed by atoms with E-state index < -0.39 is 11.1 Å². The maximum absolute atomic E-state index is 15.4. The Hall–Kier alpha value is -0.460. The van der Waals surface area contributed by atoms with Crippen LogP contribution in [0.2, 0.25) is 0 Å². The van der Waals surface area contributed by atoms with Gasteiger partial charge in [0, 0.05) is 18.5 Å². The zero-order valence-electron chi connectivity index (χ0n) is 12.4. The molecular weight excluding hydrogens is 311 g/mol. The maximum Gasteiger partial charge on any atom is 0.170 e. The molecule has 110 valence electrons. The van der Waals surface area contributed by atoms with Gasteiger partial charge in [0.15, 0.2) is 5.67 Å². The molecule has 2 N–H and O–H groups in total. The van der Waals surface area contributed by atoms with Gasteiger partial charge >= 0.3 is 0 Å². The molecule has 0 fully saturated rings. The fourth-order valence-electron chi connectivity index (χ4n) is 1.98. The molecule has 0 amide bonds. The molecule has 6 heteroatoms. The summed E-state index contributed by atoms with van der Waals surface area (Å²) in [6, 6.07) is 0. The van der Waals surface area contributed by atoms with E-state index in [0.717, 1.165) is 6.54 Å². The molecule has 1 heterocycles. The molecule has 1 aromatic heterocycles. The van der Waals surface area contributed by atoms with Gasteiger partial charge < -0.3 is 10.6 Å². The molecule has 1 rings (SSSR count). The molecule has 1 unspecified atom stereocenters. The zero-order chi connectivity index (χ0) is 14.8. The number of rotatable bonds is 5. The van der Waals surface area contributed by atoms with Crippen LogP contribution in [0.15, 0.2) is 10.7 Å². The summed E-state index contributed by atoms with van der Waals surface area (Å²) in [6.07, 6.45) is 1.64. The van der Waals surface area contributed by atoms with Crippen LogP contribution >= 0.6 is 15.9 Å². The maximum atomic E-state index is 15.4. The lowest BCUT2D eigenvalue weighted by Crippen LogP contribution is -2.44. The number of alkyl halides is 1. The number of hydrogen-bond donors (Lipinski definition) is 1. The third-order valence-corrected chi connectivity index (χ3v) is 3.98. The Labute approximate surface area is 123 Å². The van der Waals surface area contributed by atoms with E-state index in [-0.39, 0.29) is 6.54 Å². The predicted octanol–water partition coefficient (Wildman–Crippen LogP) is 2.38. The Balaban J connectivity index is 3.21. The highest BCUT2D eigenvalue weighted by Gasteiger charge is 2.46. The van der Waals surface area contributed by atoms with Crippen molar-refractivity contribution in [3.63, 3.8) is 0 Å². The van der Waals surface area contributed by atoms with Gasteiger partial charge in [-0.3, -0.25) is 4.68 Å². The number of nitrogens with two attached hydrogens (primary N) is 1. The van der Waals surface area contributed by atoms with Gasteiger partial charge in [-0.25, -0.2) is 4.39 Å². The van der Waals surface area contributed by atoms with E-state index in [0.29, 0.717) is 16.7 Å². The van der Waals surface area contributed by atoms with Crippen LogP contribution in [0.1, 0.15) is 26.5 Å². The first-order chi connectivity index (χ1) is 8.63. The average molecular weight is 335 g/mol. The highest BCUT2D eigenvalue weighted by molar-refractivity contribution is 9.10. The van der Waals surface area contributed by atoms with Crippen LogP contribution in [0.5, 0.6) is 0 Å². The minimum atomic E-state index is -1.62. The molecule has 0 saturated heterocycles. The van der Waals surface area contributed by atoms with E-state index in [1.54, 1.807) is 10.9 Å². The fourth-order valence-corrected chi connectivity index (χ4v) is 2.59. The monoisotopic (exact) mass is 334 g/mol. The second kappa shape index (κ2) is 5.89. The van der Waals surface area contributed by atoms with E-state index in [1.807, 2.05) is 39.8 Å². The summed E-state index contributed by atoms with van der Waals surface area (Å²) in [6.45, 7) is 6.94. The van der Waals surface area contributed by atoms with Gasteiger partial charge in [0.2, 0.25) is 0 Å². The lowest BCUT2D eigenvalue weighted by atomic mass is 9.76. The molecule has 0 spiro atoms. The molecule has 0 aromatic carbocycles. The molecule has 1 atom stereocenters. The SMILES string of the molecule is CN(C)CCn1ncc(Br)c1C(F)(CN)C(C)(C)C. The van der Waals surface area contributed by atoms with Crippen LogP contribution in [-0.4, -0.2) is 41.9 Å². The van der Waals surface area contributed by atoms with Gasteiger partial charge in [0.25, 0.3) is 0 Å². The normalized spacial score (nSPS) is 15.8. The number of aromatic nitrogens is 2. The van der Waals surface area contributed by atoms with Crippen molar-refractivity contribution in [2.24, 2.45) is 11.1 Å². The summed E-state index contributed by atoms with van der Waals surface area (Å²) in [7, 11) is 3.96. The number of nitrogens with zero attached hydrogens (tertiary/aromatic N) is 3. The lowest BCUT2D eigenvalue weighted by Gasteiger charge is -2.37. The van der Waals surface area contributed by atoms with Crippen molar-refractivity contribution in [2.75, 3.05) is 27.2 Å². The van der Waals surface area contributed by atoms with Crippen molar-refractivity contribution in [3.05, 3.63) is 16.4 Å². The number of halogens is 2. The van der Waals surface area contributed by atoms with Gasteiger partial charge in [-0.1, -0.05) is 20.8 Å². The minimum absolute atomic E-state index is 0.0667. The second-order valence-electron chi connectivity index (χ2n) is 6.12. The van der Waals surface area contributed by atoms with Crippen LogP contribution in [0.4, 0.5) is 4.39 Å². The molecule has 0 aliphatic heterocycles. The summed E-state index contributed by atoms with van der Waals surface area (Å²) >= 11 is 3.40. The summed E-state index contributed by atoms with van der Waals surface area (Å²) in [5, 5.41) is 4.26. The van der Waals surface area contributed by atoms with Gasteiger partial charge in [-0.05, 0) is 30.0 Å². The molecule has 0 saturated carbocycles. The van der Waals surface area contributed by atoms with E-state index in [1.165, 1.54) is 0 Å². The zero-order valence-corrected chi connectivity index (χ0v) is 14.0. The van der Waals surface area contributed by atoms with E-state index in [9.17, 15) is 0 Å². The van der Waals surface area contributed by atoms with Crippen molar-refractivity contribution in [1.29, 1.82) is 0 Å². The van der Waals surface area contributed by atoms with Crippen molar-refractivity contribution < 1.29 is 4.39 Å². The lowest BCUT2D eigenvalue weighted by molar-refractivity contribution is 0.0241. The minimum Gasteiger partial charge on any atom is -0.327 e. The Kier molecular flexibility index (Phi) is 5.15. The first-order valence-electron chi connectivity index (χ1n) is 6.39. The first-order valence-corrected chi connectivity index (χ1v) is 7.18. The van der Waals surface area contributed by atoms with Crippen LogP contribution in [0.25, 0.3) is 0 Å². The Morgan fingerprint density at radius 2 is 2.00 bits per heavy atom. The van der Waals surface area contributed by atoms with Crippen LogP contribution < -0.4 is 5.73 Å². The van der Waals surface area contributed by atoms with Crippen molar-refractivity contribution in [2.45, 2.75) is 33.0 Å². The van der Waals surface area contributed by atoms with Crippen molar-refractivity contribution in [1.82, 2.24) is 14.7 Å². The topological polar surface area (TPSA) is 47.1 Å². The van der Waals surface area contributed by atoms with Gasteiger partial charge in [0.1, 0.15) is 0 Å². The molecule has 0 aliphatic rings. The largest absolute Gasteiger partial charge is 0.327 e. The summed E-state index contributed by atoms with van der Waals surface area (Å²) in [5.41, 5.74) is 4.05. The summed E-state index contributed by atoms with van der Waals surface area (Å²) < 4.78 is 17.8. The average Bonchev–Trinajstić information content (AvgIpc) is 2.65. The van der Waals surface area contributed by atoms with E-state index in [4.69, 9.17) is 5.73 Å². The van der Waals surface area contributed by atoms with Crippen LogP contribution in [0.3, 0.4) is 0 Å². The third kappa shape index (κ3) is 3.35. The molecule has 0 radical (unpaired) electrons. The Morgan fingerprint density at radius 1 is 1.42 bits per heavy atom. The molecule has 0 bridgehead atoms. The molecule has 19 heavy (non-hydrogen) atoms. The third-order valence-electron chi connectivity index (χ3n) is 3.40. The Morgan fingerprint density at radius 3 is 2.42 bits per heavy atom. The van der Waals surface area contributed by atoms with Crippen molar-refractivity contribution >= 4 is 15.9 Å². The van der Waals surface area contributed by atoms with E-state index >= 15 is 4.39 Å². The molecule has 0 aliphatic carbocycles. The van der Waals surface area contributed by atoms with Gasteiger partial charge in [-0.2, -0.15) is 5.10 Å². The second-order valence-corrected chi connectivity index (χ2v) is 6.98. The summed E-state index contributed by atoms with van der Waals surface area (Å²) in [4.78, 5) is 2.04. The quantitative estimate of drug-likeness (QED) is 0.899. The smallest absolute Gasteiger partial charge is 0.170 e. The fraction of sp³-hybridized carbons (Fsp3) is 0.769. The van der Waals surface area contributed by atoms with E-state index in [2.05, 4.69) is 21.0 Å². The van der Waals surface area contributed by atoms with Gasteiger partial charge in [0.05, 0.1) is 22.9 Å². The van der Waals surface area contributed by atoms with Crippen LogP contribution in [-0.2, 0) is 12.2 Å². The molecular formula is C13H24BrFN4.